The van der Waals surface area contributed by atoms with Crippen molar-refractivity contribution in [2.75, 3.05) is 12.4 Å². The van der Waals surface area contributed by atoms with Gasteiger partial charge in [0.15, 0.2) is 0 Å². The van der Waals surface area contributed by atoms with E-state index in [2.05, 4.69) is 11.7 Å². The molecule has 1 aliphatic heterocycles. The van der Waals surface area contributed by atoms with E-state index in [0.717, 1.165) is 0 Å². The summed E-state index contributed by atoms with van der Waals surface area (Å²) >= 11 is 3.94. The third-order valence-electron chi connectivity index (χ3n) is 1.91. The van der Waals surface area contributed by atoms with E-state index in [1.807, 2.05) is 0 Å². The van der Waals surface area contributed by atoms with Gasteiger partial charge in [0.2, 0.25) is 0 Å². The predicted molar refractivity (Wildman–Crippen MR) is 51.2 cm³/mol. The molecular formula is C6H13NO3S2. The van der Waals surface area contributed by atoms with E-state index < -0.39 is 18.2 Å². The van der Waals surface area contributed by atoms with Gasteiger partial charge in [-0.2, -0.15) is 0 Å². The molecule has 0 radical (unpaired) electrons. The van der Waals surface area contributed by atoms with E-state index in [1.165, 1.54) is 10.8 Å². The summed E-state index contributed by atoms with van der Waals surface area (Å²) in [7, 11) is 1.27. The molecule has 1 fully saturated rings. The van der Waals surface area contributed by atoms with Gasteiger partial charge < -0.3 is 20.7 Å². The minimum absolute atomic E-state index is 0.289. The van der Waals surface area contributed by atoms with Crippen molar-refractivity contribution in [3.63, 3.8) is 0 Å². The van der Waals surface area contributed by atoms with Crippen molar-refractivity contribution in [1.29, 1.82) is 0 Å². The van der Waals surface area contributed by atoms with Crippen LogP contribution in [0, 0.1) is 0 Å². The molecule has 12 heavy (non-hydrogen) atoms. The van der Waals surface area contributed by atoms with Crippen molar-refractivity contribution < 1.29 is 14.9 Å². The van der Waals surface area contributed by atoms with Crippen molar-refractivity contribution in [1.82, 2.24) is 0 Å². The summed E-state index contributed by atoms with van der Waals surface area (Å²) < 4.78 is 5.21. The average Bonchev–Trinajstić information content (AvgIpc) is 2.07. The molecule has 1 saturated heterocycles. The molecule has 0 spiro atoms. The van der Waals surface area contributed by atoms with Gasteiger partial charge in [-0.1, -0.05) is 10.8 Å². The molecule has 1 rings (SSSR count). The summed E-state index contributed by atoms with van der Waals surface area (Å²) in [5.41, 5.74) is 5.47. The van der Waals surface area contributed by atoms with Crippen molar-refractivity contribution in [2.45, 2.75) is 24.4 Å². The van der Waals surface area contributed by atoms with E-state index in [1.54, 1.807) is 0 Å². The summed E-state index contributed by atoms with van der Waals surface area (Å²) in [6.07, 6.45) is -2.14. The zero-order valence-corrected chi connectivity index (χ0v) is 8.17. The minimum atomic E-state index is -0.895. The molecule has 0 aliphatic carbocycles. The van der Waals surface area contributed by atoms with Gasteiger partial charge in [-0.15, -0.1) is 11.7 Å². The molecule has 0 amide bonds. The van der Waals surface area contributed by atoms with Crippen LogP contribution in [0.3, 0.4) is 0 Å². The molecule has 1 heterocycles. The molecule has 0 bridgehead atoms. The van der Waals surface area contributed by atoms with E-state index in [9.17, 15) is 10.2 Å². The zero-order valence-electron chi connectivity index (χ0n) is 6.46. The Labute approximate surface area is 80.3 Å². The number of thiol groups is 1. The van der Waals surface area contributed by atoms with E-state index in [0.29, 0.717) is 5.75 Å². The Hall–Kier alpha value is 0.540. The second-order valence-electron chi connectivity index (χ2n) is 2.81. The first-order valence-electron chi connectivity index (χ1n) is 3.66. The molecule has 72 valence electrons. The van der Waals surface area contributed by atoms with Gasteiger partial charge in [0.1, 0.15) is 6.10 Å². The number of aliphatic hydroxyl groups is 2. The maximum atomic E-state index is 9.44. The lowest BCUT2D eigenvalue weighted by atomic mass is 10.00. The van der Waals surface area contributed by atoms with Crippen LogP contribution in [0.2, 0.25) is 0 Å². The normalized spacial score (nSPS) is 43.0. The van der Waals surface area contributed by atoms with Gasteiger partial charge in [0.25, 0.3) is 0 Å². The molecule has 0 aromatic carbocycles. The summed E-state index contributed by atoms with van der Waals surface area (Å²) in [4.78, 5) is 0. The van der Waals surface area contributed by atoms with Crippen molar-refractivity contribution in [2.24, 2.45) is 5.73 Å². The van der Waals surface area contributed by atoms with E-state index >= 15 is 0 Å². The maximum absolute atomic E-state index is 9.44. The Bertz CT molecular complexity index is 149. The van der Waals surface area contributed by atoms with Crippen molar-refractivity contribution in [3.8, 4) is 0 Å². The summed E-state index contributed by atoms with van der Waals surface area (Å²) in [6, 6.07) is -0.485. The largest absolute Gasteiger partial charge is 0.389 e. The Balaban J connectivity index is 2.46. The van der Waals surface area contributed by atoms with Gasteiger partial charge in [-0.25, -0.2) is 0 Å². The Morgan fingerprint density at radius 1 is 1.50 bits per heavy atom. The smallest absolute Gasteiger partial charge is 0.108 e. The highest BCUT2D eigenvalue weighted by Gasteiger charge is 2.36. The van der Waals surface area contributed by atoms with Crippen LogP contribution in [0.4, 0.5) is 0 Å². The predicted octanol–water partition coefficient (Wildman–Crippen LogP) is -0.988. The number of hydrogen-bond acceptors (Lipinski definition) is 6. The topological polar surface area (TPSA) is 75.7 Å². The maximum Gasteiger partial charge on any atom is 0.108 e. The lowest BCUT2D eigenvalue weighted by molar-refractivity contribution is -0.135. The number of rotatable bonds is 2. The summed E-state index contributed by atoms with van der Waals surface area (Å²) in [5, 5.41) is 18.8. The standard InChI is InChI=1S/C6H13NO3S2/c7-3-1-10-4(2-12-11)6(9)5(3)8/h3-6,8-9,11H,1-2,7H2. The Morgan fingerprint density at radius 2 is 2.17 bits per heavy atom. The molecule has 4 atom stereocenters. The zero-order chi connectivity index (χ0) is 9.14. The van der Waals surface area contributed by atoms with Gasteiger partial charge in [-0.05, 0) is 0 Å². The molecule has 4 N–H and O–H groups in total. The van der Waals surface area contributed by atoms with Crippen molar-refractivity contribution >= 4 is 22.5 Å². The lowest BCUT2D eigenvalue weighted by Gasteiger charge is -2.35. The second-order valence-corrected chi connectivity index (χ2v) is 4.18. The molecule has 0 aromatic rings. The van der Waals surface area contributed by atoms with Crippen LogP contribution in [-0.4, -0.2) is 46.9 Å². The lowest BCUT2D eigenvalue weighted by Crippen LogP contribution is -2.57. The molecule has 0 aromatic heterocycles. The molecule has 6 heteroatoms. The van der Waals surface area contributed by atoms with Crippen LogP contribution < -0.4 is 5.73 Å². The second kappa shape index (κ2) is 4.69. The first-order chi connectivity index (χ1) is 5.66. The number of ether oxygens (including phenoxy) is 1. The summed E-state index contributed by atoms with van der Waals surface area (Å²) in [5.74, 6) is 0.550. The Kier molecular flexibility index (Phi) is 4.15. The molecule has 1 aliphatic rings. The molecular weight excluding hydrogens is 198 g/mol. The Morgan fingerprint density at radius 3 is 2.75 bits per heavy atom. The minimum Gasteiger partial charge on any atom is -0.389 e. The number of aliphatic hydroxyl groups excluding tert-OH is 2. The third-order valence-corrected chi connectivity index (χ3v) is 2.84. The fourth-order valence-electron chi connectivity index (χ4n) is 1.13. The third kappa shape index (κ3) is 2.27. The van der Waals surface area contributed by atoms with Gasteiger partial charge >= 0.3 is 0 Å². The average molecular weight is 211 g/mol. The van der Waals surface area contributed by atoms with Crippen LogP contribution in [0.25, 0.3) is 0 Å². The molecule has 0 saturated carbocycles. The highest BCUT2D eigenvalue weighted by atomic mass is 33.1. The number of hydrogen-bond donors (Lipinski definition) is 4. The van der Waals surface area contributed by atoms with E-state index in [-0.39, 0.29) is 12.7 Å². The fourth-order valence-corrected chi connectivity index (χ4v) is 2.01. The number of nitrogens with two attached hydrogens (primary N) is 1. The van der Waals surface area contributed by atoms with Crippen LogP contribution in [0.1, 0.15) is 0 Å². The van der Waals surface area contributed by atoms with Gasteiger partial charge in [0.05, 0.1) is 24.9 Å². The van der Waals surface area contributed by atoms with Crippen LogP contribution >= 0.6 is 22.5 Å². The van der Waals surface area contributed by atoms with Crippen LogP contribution in [0.15, 0.2) is 0 Å². The highest BCUT2D eigenvalue weighted by Crippen LogP contribution is 2.19. The van der Waals surface area contributed by atoms with Gasteiger partial charge in [0, 0.05) is 5.75 Å². The highest BCUT2D eigenvalue weighted by molar-refractivity contribution is 8.68. The summed E-state index contributed by atoms with van der Waals surface area (Å²) in [6.45, 7) is 0.289. The van der Waals surface area contributed by atoms with Crippen LogP contribution in [-0.2, 0) is 4.74 Å². The monoisotopic (exact) mass is 211 g/mol. The first kappa shape index (κ1) is 10.6. The van der Waals surface area contributed by atoms with Crippen molar-refractivity contribution in [3.05, 3.63) is 0 Å². The quantitative estimate of drug-likeness (QED) is 0.349. The van der Waals surface area contributed by atoms with E-state index in [4.69, 9.17) is 10.5 Å². The molecule has 4 nitrogen and oxygen atoms in total. The first-order valence-corrected chi connectivity index (χ1v) is 5.70. The fraction of sp³-hybridized carbons (Fsp3) is 1.00. The van der Waals surface area contributed by atoms with Gasteiger partial charge in [-0.3, -0.25) is 0 Å². The molecule has 4 unspecified atom stereocenters. The SMILES string of the molecule is NC1COC(CSS)C(O)C1O. The van der Waals surface area contributed by atoms with Crippen LogP contribution in [0.5, 0.6) is 0 Å².